The fraction of sp³-hybridized carbons (Fsp3) is 0.875. The molecule has 1 rings (SSSR count). The van der Waals surface area contributed by atoms with E-state index in [2.05, 4.69) is 38.4 Å². The summed E-state index contributed by atoms with van der Waals surface area (Å²) < 4.78 is 0.964. The number of quaternary nitrogens is 1. The minimum Gasteiger partial charge on any atom is -0.315 e. The van der Waals surface area contributed by atoms with Gasteiger partial charge < -0.3 is 4.48 Å². The SMILES string of the molecule is [CH2]N1CCNC([N+](C)(C)C)C1. The molecule has 0 saturated carbocycles. The van der Waals surface area contributed by atoms with Crippen LogP contribution in [0.3, 0.4) is 0 Å². The van der Waals surface area contributed by atoms with Crippen molar-refractivity contribution in [3.05, 3.63) is 7.05 Å². The van der Waals surface area contributed by atoms with E-state index in [-0.39, 0.29) is 0 Å². The van der Waals surface area contributed by atoms with Gasteiger partial charge in [-0.05, 0) is 0 Å². The van der Waals surface area contributed by atoms with Crippen LogP contribution in [-0.2, 0) is 0 Å². The smallest absolute Gasteiger partial charge is 0.155 e. The summed E-state index contributed by atoms with van der Waals surface area (Å²) in [5, 5.41) is 3.48. The van der Waals surface area contributed by atoms with Crippen molar-refractivity contribution < 1.29 is 4.48 Å². The van der Waals surface area contributed by atoms with E-state index in [1.807, 2.05) is 0 Å². The van der Waals surface area contributed by atoms with Gasteiger partial charge in [0.05, 0.1) is 27.7 Å². The summed E-state index contributed by atoms with van der Waals surface area (Å²) >= 11 is 0. The van der Waals surface area contributed by atoms with Gasteiger partial charge in [0.2, 0.25) is 0 Å². The highest BCUT2D eigenvalue weighted by atomic mass is 15.4. The number of rotatable bonds is 1. The summed E-state index contributed by atoms with van der Waals surface area (Å²) in [6.45, 7) is 3.17. The molecule has 3 heteroatoms. The van der Waals surface area contributed by atoms with E-state index in [4.69, 9.17) is 0 Å². The number of likely N-dealkylation sites (N-methyl/N-ethyl adjacent to an activating group) is 1. The molecule has 1 aliphatic heterocycles. The topological polar surface area (TPSA) is 15.3 Å². The van der Waals surface area contributed by atoms with Crippen LogP contribution in [0.1, 0.15) is 0 Å². The average Bonchev–Trinajstić information content (AvgIpc) is 1.86. The van der Waals surface area contributed by atoms with Gasteiger partial charge in [-0.3, -0.25) is 10.2 Å². The Balaban J connectivity index is 2.46. The van der Waals surface area contributed by atoms with Crippen LogP contribution in [0, 0.1) is 7.05 Å². The summed E-state index contributed by atoms with van der Waals surface area (Å²) in [7, 11) is 10.6. The Morgan fingerprint density at radius 2 is 2.09 bits per heavy atom. The molecule has 0 aromatic rings. The second kappa shape index (κ2) is 3.09. The third-order valence-electron chi connectivity index (χ3n) is 2.17. The maximum absolute atomic E-state index is 3.94. The Kier molecular flexibility index (Phi) is 2.52. The van der Waals surface area contributed by atoms with Crippen molar-refractivity contribution in [3.8, 4) is 0 Å². The van der Waals surface area contributed by atoms with Crippen LogP contribution in [0.25, 0.3) is 0 Å². The maximum atomic E-state index is 3.94. The zero-order chi connectivity index (χ0) is 8.48. The second-order valence-electron chi connectivity index (χ2n) is 4.16. The molecular formula is C8H19N3+. The molecule has 11 heavy (non-hydrogen) atoms. The Hall–Kier alpha value is -0.120. The van der Waals surface area contributed by atoms with Crippen LogP contribution >= 0.6 is 0 Å². The van der Waals surface area contributed by atoms with Gasteiger partial charge in [-0.15, -0.1) is 0 Å². The number of nitrogens with one attached hydrogen (secondary N) is 1. The van der Waals surface area contributed by atoms with E-state index in [9.17, 15) is 0 Å². The van der Waals surface area contributed by atoms with Gasteiger partial charge in [0.25, 0.3) is 0 Å². The summed E-state index contributed by atoms with van der Waals surface area (Å²) in [6.07, 6.45) is 0.529. The highest BCUT2D eigenvalue weighted by Crippen LogP contribution is 2.05. The molecule has 1 N–H and O–H groups in total. The van der Waals surface area contributed by atoms with Crippen LogP contribution in [0.4, 0.5) is 0 Å². The predicted molar refractivity (Wildman–Crippen MR) is 46.8 cm³/mol. The normalized spacial score (nSPS) is 28.9. The van der Waals surface area contributed by atoms with E-state index < -0.39 is 0 Å². The van der Waals surface area contributed by atoms with E-state index in [0.29, 0.717) is 6.17 Å². The third-order valence-corrected chi connectivity index (χ3v) is 2.17. The molecule has 1 unspecified atom stereocenters. The first-order chi connectivity index (χ1) is 5.00. The van der Waals surface area contributed by atoms with Gasteiger partial charge in [-0.1, -0.05) is 0 Å². The lowest BCUT2D eigenvalue weighted by Crippen LogP contribution is -2.62. The van der Waals surface area contributed by atoms with Crippen LogP contribution in [0.5, 0.6) is 0 Å². The summed E-state index contributed by atoms with van der Waals surface area (Å²) in [4.78, 5) is 2.13. The highest BCUT2D eigenvalue weighted by Gasteiger charge is 2.27. The van der Waals surface area contributed by atoms with Gasteiger partial charge in [0.1, 0.15) is 0 Å². The molecule has 1 atom stereocenters. The Morgan fingerprint density at radius 3 is 2.45 bits per heavy atom. The molecular weight excluding hydrogens is 138 g/mol. The lowest BCUT2D eigenvalue weighted by molar-refractivity contribution is -0.899. The first-order valence-corrected chi connectivity index (χ1v) is 4.10. The number of hydrogen-bond acceptors (Lipinski definition) is 2. The Bertz CT molecular complexity index is 128. The maximum Gasteiger partial charge on any atom is 0.155 e. The van der Waals surface area contributed by atoms with Crippen molar-refractivity contribution in [2.45, 2.75) is 6.17 Å². The van der Waals surface area contributed by atoms with E-state index >= 15 is 0 Å². The molecule has 1 saturated heterocycles. The molecule has 0 aromatic heterocycles. The van der Waals surface area contributed by atoms with Crippen LogP contribution in [0.2, 0.25) is 0 Å². The van der Waals surface area contributed by atoms with Crippen LogP contribution in [-0.4, -0.2) is 56.3 Å². The van der Waals surface area contributed by atoms with Crippen molar-refractivity contribution >= 4 is 0 Å². The van der Waals surface area contributed by atoms with E-state index in [0.717, 1.165) is 24.1 Å². The minimum atomic E-state index is 0.529. The van der Waals surface area contributed by atoms with Crippen LogP contribution < -0.4 is 5.32 Å². The fourth-order valence-corrected chi connectivity index (χ4v) is 1.31. The van der Waals surface area contributed by atoms with E-state index in [1.54, 1.807) is 0 Å². The molecule has 0 amide bonds. The minimum absolute atomic E-state index is 0.529. The number of hydrogen-bond donors (Lipinski definition) is 1. The summed E-state index contributed by atoms with van der Waals surface area (Å²) in [5.41, 5.74) is 0. The zero-order valence-corrected chi connectivity index (χ0v) is 7.80. The molecule has 1 radical (unpaired) electrons. The monoisotopic (exact) mass is 157 g/mol. The molecule has 1 heterocycles. The Morgan fingerprint density at radius 1 is 1.45 bits per heavy atom. The zero-order valence-electron chi connectivity index (χ0n) is 7.80. The molecule has 0 bridgehead atoms. The first-order valence-electron chi connectivity index (χ1n) is 4.10. The fourth-order valence-electron chi connectivity index (χ4n) is 1.31. The largest absolute Gasteiger partial charge is 0.315 e. The standard InChI is InChI=1S/C8H19N3/c1-10-6-5-9-8(7-10)11(2,3)4/h8-9H,1,5-7H2,2-4H3/q+1. The van der Waals surface area contributed by atoms with E-state index in [1.165, 1.54) is 0 Å². The van der Waals surface area contributed by atoms with Crippen molar-refractivity contribution in [1.29, 1.82) is 0 Å². The number of nitrogens with zero attached hydrogens (tertiary/aromatic N) is 2. The lowest BCUT2D eigenvalue weighted by atomic mass is 10.3. The third kappa shape index (κ3) is 2.43. The molecule has 3 nitrogen and oxygen atoms in total. The van der Waals surface area contributed by atoms with Crippen molar-refractivity contribution in [2.75, 3.05) is 40.8 Å². The van der Waals surface area contributed by atoms with Gasteiger partial charge >= 0.3 is 0 Å². The van der Waals surface area contributed by atoms with Gasteiger partial charge in [0, 0.05) is 20.1 Å². The quantitative estimate of drug-likeness (QED) is 0.526. The second-order valence-corrected chi connectivity index (χ2v) is 4.16. The van der Waals surface area contributed by atoms with Crippen molar-refractivity contribution in [3.63, 3.8) is 0 Å². The number of piperazine rings is 1. The highest BCUT2D eigenvalue weighted by molar-refractivity contribution is 4.71. The Labute approximate surface area is 69.6 Å². The summed E-state index contributed by atoms with van der Waals surface area (Å²) in [5.74, 6) is 0. The van der Waals surface area contributed by atoms with Gasteiger partial charge in [-0.2, -0.15) is 0 Å². The van der Waals surface area contributed by atoms with Crippen LogP contribution in [0.15, 0.2) is 0 Å². The van der Waals surface area contributed by atoms with Gasteiger partial charge in [0.15, 0.2) is 6.17 Å². The molecule has 0 aromatic carbocycles. The van der Waals surface area contributed by atoms with Crippen molar-refractivity contribution in [2.24, 2.45) is 0 Å². The molecule has 65 valence electrons. The molecule has 0 spiro atoms. The predicted octanol–water partition coefficient (Wildman–Crippen LogP) is -0.285. The molecule has 1 fully saturated rings. The first kappa shape index (κ1) is 8.97. The van der Waals surface area contributed by atoms with Gasteiger partial charge in [-0.25, -0.2) is 0 Å². The van der Waals surface area contributed by atoms with Crippen molar-refractivity contribution in [1.82, 2.24) is 10.2 Å². The summed E-state index contributed by atoms with van der Waals surface area (Å²) in [6, 6.07) is 0. The lowest BCUT2D eigenvalue weighted by Gasteiger charge is -2.40. The molecule has 0 aliphatic carbocycles. The average molecular weight is 157 g/mol. The molecule has 1 aliphatic rings.